The summed E-state index contributed by atoms with van der Waals surface area (Å²) in [4.78, 5) is 15.2. The second-order valence-electron chi connectivity index (χ2n) is 4.52. The molecule has 0 spiro atoms. The normalized spacial score (nSPS) is 13.0. The third kappa shape index (κ3) is 3.96. The van der Waals surface area contributed by atoms with Gasteiger partial charge >= 0.3 is 0 Å². The molecule has 1 aromatic heterocycles. The lowest BCUT2D eigenvalue weighted by Gasteiger charge is -2.21. The van der Waals surface area contributed by atoms with Crippen LogP contribution in [-0.4, -0.2) is 49.2 Å². The zero-order chi connectivity index (χ0) is 16.2. The Bertz CT molecular complexity index is 646. The first-order chi connectivity index (χ1) is 9.71. The first-order valence-corrected chi connectivity index (χ1v) is 7.99. The van der Waals surface area contributed by atoms with E-state index in [1.807, 2.05) is 0 Å². The lowest BCUT2D eigenvalue weighted by Crippen LogP contribution is -2.38. The van der Waals surface area contributed by atoms with Crippen LogP contribution in [0.3, 0.4) is 0 Å². The number of nitrogens with two attached hydrogens (primary N) is 1. The molecule has 116 valence electrons. The number of rotatable bonds is 6. The Hall–Kier alpha value is -1.58. The minimum absolute atomic E-state index is 0.0354. The van der Waals surface area contributed by atoms with Crippen LogP contribution in [0.2, 0.25) is 0 Å². The van der Waals surface area contributed by atoms with Crippen molar-refractivity contribution in [3.63, 3.8) is 0 Å². The maximum absolute atomic E-state index is 12.5. The van der Waals surface area contributed by atoms with Crippen LogP contribution in [0.15, 0.2) is 23.2 Å². The van der Waals surface area contributed by atoms with E-state index in [9.17, 15) is 13.2 Å². The summed E-state index contributed by atoms with van der Waals surface area (Å²) < 4.78 is 26.2. The largest absolute Gasteiger partial charge is 0.388 e. The van der Waals surface area contributed by atoms with Gasteiger partial charge in [-0.1, -0.05) is 19.1 Å². The van der Waals surface area contributed by atoms with E-state index in [-0.39, 0.29) is 28.0 Å². The molecule has 1 aromatic rings. The number of hydrogen-bond acceptors (Lipinski definition) is 5. The van der Waals surface area contributed by atoms with Gasteiger partial charge in [0, 0.05) is 32.8 Å². The van der Waals surface area contributed by atoms with Crippen LogP contribution in [0.25, 0.3) is 0 Å². The molecule has 21 heavy (non-hydrogen) atoms. The van der Waals surface area contributed by atoms with Crippen LogP contribution in [0.1, 0.15) is 12.6 Å². The number of carbonyl (C=O) groups excluding carboxylic acids is 1. The van der Waals surface area contributed by atoms with Gasteiger partial charge < -0.3 is 11.1 Å². The maximum atomic E-state index is 12.5. The number of sulfonamides is 1. The van der Waals surface area contributed by atoms with Crippen molar-refractivity contribution >= 4 is 33.1 Å². The van der Waals surface area contributed by atoms with Crippen molar-refractivity contribution in [2.45, 2.75) is 11.8 Å². The molecule has 1 atom stereocenters. The zero-order valence-electron chi connectivity index (χ0n) is 12.0. The second kappa shape index (κ2) is 6.92. The number of aromatic nitrogens is 1. The second-order valence-corrected chi connectivity index (χ2v) is 6.97. The van der Waals surface area contributed by atoms with Crippen molar-refractivity contribution in [2.75, 3.05) is 20.6 Å². The fraction of sp³-hybridized carbons (Fsp3) is 0.417. The van der Waals surface area contributed by atoms with E-state index in [2.05, 4.69) is 10.3 Å². The lowest BCUT2D eigenvalue weighted by atomic mass is 10.2. The van der Waals surface area contributed by atoms with Crippen molar-refractivity contribution in [3.8, 4) is 0 Å². The summed E-state index contributed by atoms with van der Waals surface area (Å²) in [6, 6.07) is 2.88. The topological polar surface area (TPSA) is 105 Å². The van der Waals surface area contributed by atoms with E-state index >= 15 is 0 Å². The molecule has 3 N–H and O–H groups in total. The van der Waals surface area contributed by atoms with Gasteiger partial charge in [-0.05, 0) is 12.1 Å². The highest BCUT2D eigenvalue weighted by atomic mass is 32.2. The number of nitrogens with zero attached hydrogens (tertiary/aromatic N) is 2. The SMILES string of the molecule is CNC(=O)C(C)CN(C)S(=O)(=O)c1cccnc1C(N)=S. The van der Waals surface area contributed by atoms with E-state index in [0.717, 1.165) is 4.31 Å². The van der Waals surface area contributed by atoms with Crippen LogP contribution in [-0.2, 0) is 14.8 Å². The number of amides is 1. The van der Waals surface area contributed by atoms with Crippen molar-refractivity contribution in [1.82, 2.24) is 14.6 Å². The third-order valence-electron chi connectivity index (χ3n) is 2.92. The van der Waals surface area contributed by atoms with Crippen molar-refractivity contribution < 1.29 is 13.2 Å². The van der Waals surface area contributed by atoms with Crippen molar-refractivity contribution in [1.29, 1.82) is 0 Å². The van der Waals surface area contributed by atoms with Gasteiger partial charge in [0.05, 0.1) is 0 Å². The van der Waals surface area contributed by atoms with Gasteiger partial charge in [0.2, 0.25) is 15.9 Å². The van der Waals surface area contributed by atoms with E-state index in [0.29, 0.717) is 0 Å². The Morgan fingerprint density at radius 2 is 2.19 bits per heavy atom. The zero-order valence-corrected chi connectivity index (χ0v) is 13.7. The molecule has 0 saturated heterocycles. The van der Waals surface area contributed by atoms with Gasteiger partial charge in [0.15, 0.2) is 0 Å². The minimum atomic E-state index is -3.83. The minimum Gasteiger partial charge on any atom is -0.388 e. The number of carbonyl (C=O) groups is 1. The number of pyridine rings is 1. The predicted octanol–water partition coefficient (Wildman–Crippen LogP) is -0.282. The summed E-state index contributed by atoms with van der Waals surface area (Å²) >= 11 is 4.82. The van der Waals surface area contributed by atoms with E-state index in [1.165, 1.54) is 32.4 Å². The number of nitrogens with one attached hydrogen (secondary N) is 1. The highest BCUT2D eigenvalue weighted by molar-refractivity contribution is 7.89. The summed E-state index contributed by atoms with van der Waals surface area (Å²) in [5, 5.41) is 2.48. The highest BCUT2D eigenvalue weighted by Crippen LogP contribution is 2.18. The van der Waals surface area contributed by atoms with Crippen LogP contribution in [0, 0.1) is 5.92 Å². The molecule has 7 nitrogen and oxygen atoms in total. The number of thiocarbonyl (C=S) groups is 1. The molecule has 9 heteroatoms. The molecule has 0 aromatic carbocycles. The fourth-order valence-electron chi connectivity index (χ4n) is 1.76. The monoisotopic (exact) mass is 330 g/mol. The Labute approximate surface area is 129 Å². The first-order valence-electron chi connectivity index (χ1n) is 6.14. The van der Waals surface area contributed by atoms with Gasteiger partial charge in [-0.3, -0.25) is 9.78 Å². The molecule has 0 saturated carbocycles. The Kier molecular flexibility index (Phi) is 5.76. The molecule has 1 rings (SSSR count). The Balaban J connectivity index is 3.12. The molecule has 0 aliphatic rings. The van der Waals surface area contributed by atoms with Gasteiger partial charge in [0.1, 0.15) is 15.6 Å². The maximum Gasteiger partial charge on any atom is 0.245 e. The van der Waals surface area contributed by atoms with Gasteiger partial charge in [-0.25, -0.2) is 12.7 Å². The quantitative estimate of drug-likeness (QED) is 0.695. The number of hydrogen-bond donors (Lipinski definition) is 2. The average Bonchev–Trinajstić information content (AvgIpc) is 2.45. The average molecular weight is 330 g/mol. The van der Waals surface area contributed by atoms with Crippen LogP contribution < -0.4 is 11.1 Å². The van der Waals surface area contributed by atoms with Crippen molar-refractivity contribution in [2.24, 2.45) is 11.7 Å². The molecule has 0 aliphatic heterocycles. The third-order valence-corrected chi connectivity index (χ3v) is 4.97. The Morgan fingerprint density at radius 3 is 2.71 bits per heavy atom. The van der Waals surface area contributed by atoms with E-state index in [1.54, 1.807) is 6.92 Å². The van der Waals surface area contributed by atoms with Crippen LogP contribution >= 0.6 is 12.2 Å². The van der Waals surface area contributed by atoms with E-state index in [4.69, 9.17) is 18.0 Å². The molecule has 0 fully saturated rings. The smallest absolute Gasteiger partial charge is 0.245 e. The summed E-state index contributed by atoms with van der Waals surface area (Å²) in [7, 11) is -0.935. The van der Waals surface area contributed by atoms with E-state index < -0.39 is 15.9 Å². The summed E-state index contributed by atoms with van der Waals surface area (Å²) in [5.74, 6) is -0.725. The molecule has 1 unspecified atom stereocenters. The molecular weight excluding hydrogens is 312 g/mol. The molecule has 0 aliphatic carbocycles. The highest BCUT2D eigenvalue weighted by Gasteiger charge is 2.27. The summed E-state index contributed by atoms with van der Waals surface area (Å²) in [6.45, 7) is 1.68. The Morgan fingerprint density at radius 1 is 1.57 bits per heavy atom. The molecular formula is C12H18N4O3S2. The lowest BCUT2D eigenvalue weighted by molar-refractivity contribution is -0.124. The predicted molar refractivity (Wildman–Crippen MR) is 83.2 cm³/mol. The molecule has 0 radical (unpaired) electrons. The van der Waals surface area contributed by atoms with Crippen LogP contribution in [0.4, 0.5) is 0 Å². The first kappa shape index (κ1) is 17.5. The van der Waals surface area contributed by atoms with Gasteiger partial charge in [0.25, 0.3) is 0 Å². The standard InChI is InChI=1S/C12H18N4O3S2/c1-8(12(17)14-2)7-16(3)21(18,19)9-5-4-6-15-10(9)11(13)20/h4-6,8H,7H2,1-3H3,(H2,13,20)(H,14,17). The molecule has 0 bridgehead atoms. The van der Waals surface area contributed by atoms with Gasteiger partial charge in [-0.15, -0.1) is 0 Å². The van der Waals surface area contributed by atoms with Crippen LogP contribution in [0.5, 0.6) is 0 Å². The van der Waals surface area contributed by atoms with Crippen molar-refractivity contribution in [3.05, 3.63) is 24.0 Å². The fourth-order valence-corrected chi connectivity index (χ4v) is 3.41. The molecule has 1 heterocycles. The van der Waals surface area contributed by atoms with Gasteiger partial charge in [-0.2, -0.15) is 0 Å². The molecule has 1 amide bonds. The summed E-state index contributed by atoms with van der Waals surface area (Å²) in [6.07, 6.45) is 1.42. The summed E-state index contributed by atoms with van der Waals surface area (Å²) in [5.41, 5.74) is 5.55.